The highest BCUT2D eigenvalue weighted by Gasteiger charge is 2.51. The first kappa shape index (κ1) is 9.17. The maximum atomic E-state index is 5.30. The van der Waals surface area contributed by atoms with Crippen LogP contribution in [-0.4, -0.2) is 25.3 Å². The summed E-state index contributed by atoms with van der Waals surface area (Å²) in [7, 11) is 1.83. The zero-order chi connectivity index (χ0) is 9.60. The van der Waals surface area contributed by atoms with Gasteiger partial charge in [-0.3, -0.25) is 0 Å². The first-order valence-corrected chi connectivity index (χ1v) is 6.11. The predicted octanol–water partition coefficient (Wildman–Crippen LogP) is 2.09. The van der Waals surface area contributed by atoms with Gasteiger partial charge in [0.05, 0.1) is 6.10 Å². The third-order valence-electron chi connectivity index (χ3n) is 4.88. The van der Waals surface area contributed by atoms with Gasteiger partial charge in [0.1, 0.15) is 0 Å². The Balaban J connectivity index is 1.45. The molecule has 80 valence electrons. The minimum Gasteiger partial charge on any atom is -0.381 e. The maximum absolute atomic E-state index is 5.30. The van der Waals surface area contributed by atoms with Gasteiger partial charge in [-0.05, 0) is 43.9 Å². The molecule has 3 saturated carbocycles. The molecule has 0 heterocycles. The van der Waals surface area contributed by atoms with E-state index in [-0.39, 0.29) is 0 Å². The van der Waals surface area contributed by atoms with Crippen LogP contribution in [0.15, 0.2) is 0 Å². The molecule has 0 radical (unpaired) electrons. The number of nitrogens with one attached hydrogen (secondary N) is 1. The van der Waals surface area contributed by atoms with Crippen molar-refractivity contribution in [3.05, 3.63) is 0 Å². The van der Waals surface area contributed by atoms with Crippen LogP contribution in [0, 0.1) is 5.41 Å². The van der Waals surface area contributed by atoms with E-state index in [1.807, 2.05) is 7.11 Å². The van der Waals surface area contributed by atoms with Crippen LogP contribution < -0.4 is 5.32 Å². The summed E-state index contributed by atoms with van der Waals surface area (Å²) in [5.41, 5.74) is 0.762. The lowest BCUT2D eigenvalue weighted by atomic mass is 9.53. The fourth-order valence-corrected chi connectivity index (χ4v) is 3.37. The molecule has 0 saturated heterocycles. The van der Waals surface area contributed by atoms with Crippen molar-refractivity contribution >= 4 is 0 Å². The molecule has 3 fully saturated rings. The zero-order valence-electron chi connectivity index (χ0n) is 9.09. The molecular formula is C12H21NO. The molecule has 0 aromatic rings. The summed E-state index contributed by atoms with van der Waals surface area (Å²) < 4.78 is 5.30. The number of ether oxygens (including phenoxy) is 1. The molecular weight excluding hydrogens is 174 g/mol. The fraction of sp³-hybridized carbons (Fsp3) is 1.00. The second-order valence-corrected chi connectivity index (χ2v) is 5.50. The molecule has 1 unspecified atom stereocenters. The SMILES string of the molecule is COC1CC(NC2CCC23CCC3)C1. The molecule has 0 aliphatic heterocycles. The van der Waals surface area contributed by atoms with Gasteiger partial charge in [-0.25, -0.2) is 0 Å². The average Bonchev–Trinajstić information content (AvgIpc) is 1.97. The second kappa shape index (κ2) is 3.21. The summed E-state index contributed by atoms with van der Waals surface area (Å²) in [6, 6.07) is 1.63. The molecule has 0 amide bonds. The van der Waals surface area contributed by atoms with Gasteiger partial charge in [-0.1, -0.05) is 6.42 Å². The maximum Gasteiger partial charge on any atom is 0.0601 e. The van der Waals surface area contributed by atoms with Gasteiger partial charge in [-0.2, -0.15) is 0 Å². The normalized spacial score (nSPS) is 43.9. The van der Waals surface area contributed by atoms with Gasteiger partial charge < -0.3 is 10.1 Å². The van der Waals surface area contributed by atoms with Crippen molar-refractivity contribution in [1.82, 2.24) is 5.32 Å². The third-order valence-corrected chi connectivity index (χ3v) is 4.88. The van der Waals surface area contributed by atoms with Crippen molar-refractivity contribution in [1.29, 1.82) is 0 Å². The highest BCUT2D eigenvalue weighted by atomic mass is 16.5. The van der Waals surface area contributed by atoms with Gasteiger partial charge in [0.2, 0.25) is 0 Å². The smallest absolute Gasteiger partial charge is 0.0601 e. The summed E-state index contributed by atoms with van der Waals surface area (Å²) in [6.07, 6.45) is 10.4. The van der Waals surface area contributed by atoms with E-state index in [9.17, 15) is 0 Å². The lowest BCUT2D eigenvalue weighted by Gasteiger charge is -2.58. The van der Waals surface area contributed by atoms with Gasteiger partial charge in [-0.15, -0.1) is 0 Å². The number of hydrogen-bond acceptors (Lipinski definition) is 2. The van der Waals surface area contributed by atoms with Crippen LogP contribution in [0.1, 0.15) is 44.9 Å². The van der Waals surface area contributed by atoms with Crippen molar-refractivity contribution < 1.29 is 4.74 Å². The average molecular weight is 195 g/mol. The van der Waals surface area contributed by atoms with Crippen LogP contribution in [-0.2, 0) is 4.74 Å². The summed E-state index contributed by atoms with van der Waals surface area (Å²) in [4.78, 5) is 0. The van der Waals surface area contributed by atoms with Crippen LogP contribution in [0.3, 0.4) is 0 Å². The molecule has 2 nitrogen and oxygen atoms in total. The number of methoxy groups -OCH3 is 1. The van der Waals surface area contributed by atoms with Crippen molar-refractivity contribution in [3.8, 4) is 0 Å². The van der Waals surface area contributed by atoms with Gasteiger partial charge in [0, 0.05) is 19.2 Å². The Bertz CT molecular complexity index is 213. The van der Waals surface area contributed by atoms with Crippen molar-refractivity contribution in [3.63, 3.8) is 0 Å². The van der Waals surface area contributed by atoms with E-state index in [1.165, 1.54) is 44.9 Å². The van der Waals surface area contributed by atoms with E-state index in [0.29, 0.717) is 6.10 Å². The summed E-state index contributed by atoms with van der Waals surface area (Å²) in [6.45, 7) is 0. The molecule has 0 aromatic carbocycles. The molecule has 3 aliphatic carbocycles. The van der Waals surface area contributed by atoms with E-state index in [4.69, 9.17) is 4.74 Å². The van der Waals surface area contributed by atoms with Gasteiger partial charge >= 0.3 is 0 Å². The van der Waals surface area contributed by atoms with E-state index in [1.54, 1.807) is 0 Å². The summed E-state index contributed by atoms with van der Waals surface area (Å²) >= 11 is 0. The fourth-order valence-electron chi connectivity index (χ4n) is 3.37. The lowest BCUT2D eigenvalue weighted by molar-refractivity contribution is -0.0478. The molecule has 1 N–H and O–H groups in total. The zero-order valence-corrected chi connectivity index (χ0v) is 9.09. The highest BCUT2D eigenvalue weighted by Crippen LogP contribution is 2.56. The Labute approximate surface area is 86.4 Å². The standard InChI is InChI=1S/C12H21NO/c1-14-10-7-9(8-10)13-11-3-6-12(11)4-2-5-12/h9-11,13H,2-8H2,1H3. The quantitative estimate of drug-likeness (QED) is 0.744. The largest absolute Gasteiger partial charge is 0.381 e. The summed E-state index contributed by atoms with van der Waals surface area (Å²) in [5.74, 6) is 0. The molecule has 0 aromatic heterocycles. The lowest BCUT2D eigenvalue weighted by Crippen LogP contribution is -2.61. The molecule has 2 heteroatoms. The Kier molecular flexibility index (Phi) is 2.10. The van der Waals surface area contributed by atoms with Crippen molar-refractivity contribution in [2.24, 2.45) is 5.41 Å². The molecule has 0 bridgehead atoms. The van der Waals surface area contributed by atoms with Crippen molar-refractivity contribution in [2.75, 3.05) is 7.11 Å². The molecule has 3 rings (SSSR count). The molecule has 1 spiro atoms. The van der Waals surface area contributed by atoms with E-state index < -0.39 is 0 Å². The number of hydrogen-bond donors (Lipinski definition) is 1. The van der Waals surface area contributed by atoms with Crippen LogP contribution in [0.25, 0.3) is 0 Å². The number of rotatable bonds is 3. The van der Waals surface area contributed by atoms with Crippen LogP contribution >= 0.6 is 0 Å². The molecule has 14 heavy (non-hydrogen) atoms. The first-order valence-electron chi connectivity index (χ1n) is 6.11. The van der Waals surface area contributed by atoms with E-state index >= 15 is 0 Å². The van der Waals surface area contributed by atoms with Gasteiger partial charge in [0.25, 0.3) is 0 Å². The van der Waals surface area contributed by atoms with Crippen molar-refractivity contribution in [2.45, 2.75) is 63.1 Å². The van der Waals surface area contributed by atoms with Crippen LogP contribution in [0.5, 0.6) is 0 Å². The van der Waals surface area contributed by atoms with E-state index in [2.05, 4.69) is 5.32 Å². The van der Waals surface area contributed by atoms with Gasteiger partial charge in [0.15, 0.2) is 0 Å². The topological polar surface area (TPSA) is 21.3 Å². The molecule has 3 aliphatic rings. The molecule has 1 atom stereocenters. The minimum atomic E-state index is 0.546. The Morgan fingerprint density at radius 1 is 1.21 bits per heavy atom. The Morgan fingerprint density at radius 2 is 2.00 bits per heavy atom. The minimum absolute atomic E-state index is 0.546. The van der Waals surface area contributed by atoms with E-state index in [0.717, 1.165) is 17.5 Å². The first-order chi connectivity index (χ1) is 6.82. The van der Waals surface area contributed by atoms with Crippen LogP contribution in [0.4, 0.5) is 0 Å². The Hall–Kier alpha value is -0.0800. The second-order valence-electron chi connectivity index (χ2n) is 5.50. The third kappa shape index (κ3) is 1.24. The highest BCUT2D eigenvalue weighted by molar-refractivity contribution is 5.06. The predicted molar refractivity (Wildman–Crippen MR) is 56.3 cm³/mol. The van der Waals surface area contributed by atoms with Crippen LogP contribution in [0.2, 0.25) is 0 Å². The monoisotopic (exact) mass is 195 g/mol. The summed E-state index contributed by atoms with van der Waals surface area (Å²) in [5, 5.41) is 3.83. The Morgan fingerprint density at radius 3 is 2.43 bits per heavy atom.